The zero-order chi connectivity index (χ0) is 12.3. The molecule has 4 nitrogen and oxygen atoms in total. The second-order valence-electron chi connectivity index (χ2n) is 5.50. The third-order valence-corrected chi connectivity index (χ3v) is 4.00. The topological polar surface area (TPSA) is 58.6 Å². The molecule has 2 unspecified atom stereocenters. The largest absolute Gasteiger partial charge is 0.389 e. The quantitative estimate of drug-likeness (QED) is 0.784. The number of hydrogen-bond donors (Lipinski definition) is 2. The molecule has 4 heteroatoms. The lowest BCUT2D eigenvalue weighted by atomic mass is 9.82. The van der Waals surface area contributed by atoms with Gasteiger partial charge in [0.15, 0.2) is 0 Å². The summed E-state index contributed by atoms with van der Waals surface area (Å²) in [5, 5.41) is 13.3. The Morgan fingerprint density at radius 1 is 1.41 bits per heavy atom. The SMILES string of the molecule is CC1OCCC1NC(=O)CC1(O)CCCCC1. The number of hydrogen-bond acceptors (Lipinski definition) is 3. The van der Waals surface area contributed by atoms with Gasteiger partial charge in [-0.25, -0.2) is 0 Å². The molecule has 0 bridgehead atoms. The van der Waals surface area contributed by atoms with E-state index in [1.165, 1.54) is 6.42 Å². The zero-order valence-corrected chi connectivity index (χ0v) is 10.6. The number of carbonyl (C=O) groups excluding carboxylic acids is 1. The molecule has 0 radical (unpaired) electrons. The minimum Gasteiger partial charge on any atom is -0.389 e. The Morgan fingerprint density at radius 2 is 2.12 bits per heavy atom. The number of nitrogens with one attached hydrogen (secondary N) is 1. The second kappa shape index (κ2) is 5.36. The van der Waals surface area contributed by atoms with Gasteiger partial charge in [0.05, 0.1) is 24.2 Å². The summed E-state index contributed by atoms with van der Waals surface area (Å²) in [5.41, 5.74) is -0.759. The van der Waals surface area contributed by atoms with Gasteiger partial charge in [-0.3, -0.25) is 4.79 Å². The van der Waals surface area contributed by atoms with Crippen molar-refractivity contribution in [2.75, 3.05) is 6.61 Å². The first kappa shape index (κ1) is 12.8. The van der Waals surface area contributed by atoms with Crippen molar-refractivity contribution >= 4 is 5.91 Å². The highest BCUT2D eigenvalue weighted by atomic mass is 16.5. The highest BCUT2D eigenvalue weighted by Crippen LogP contribution is 2.30. The maximum absolute atomic E-state index is 11.9. The Labute approximate surface area is 103 Å². The molecule has 2 atom stereocenters. The van der Waals surface area contributed by atoms with Crippen molar-refractivity contribution in [1.82, 2.24) is 5.32 Å². The van der Waals surface area contributed by atoms with Crippen LogP contribution in [0.5, 0.6) is 0 Å². The highest BCUT2D eigenvalue weighted by Gasteiger charge is 2.33. The molecule has 98 valence electrons. The van der Waals surface area contributed by atoms with Gasteiger partial charge < -0.3 is 15.2 Å². The molecule has 1 heterocycles. The molecule has 1 saturated heterocycles. The van der Waals surface area contributed by atoms with E-state index < -0.39 is 5.60 Å². The molecule has 0 spiro atoms. The van der Waals surface area contributed by atoms with Crippen LogP contribution in [-0.2, 0) is 9.53 Å². The van der Waals surface area contributed by atoms with Crippen molar-refractivity contribution in [2.45, 2.75) is 69.6 Å². The lowest BCUT2D eigenvalue weighted by molar-refractivity contribution is -0.128. The van der Waals surface area contributed by atoms with Crippen LogP contribution in [0.1, 0.15) is 51.9 Å². The zero-order valence-electron chi connectivity index (χ0n) is 10.6. The molecule has 2 N–H and O–H groups in total. The fourth-order valence-corrected chi connectivity index (χ4v) is 2.86. The van der Waals surface area contributed by atoms with Crippen molar-refractivity contribution in [1.29, 1.82) is 0 Å². The van der Waals surface area contributed by atoms with Gasteiger partial charge in [0.25, 0.3) is 0 Å². The van der Waals surface area contributed by atoms with Crippen LogP contribution in [0.25, 0.3) is 0 Å². The second-order valence-corrected chi connectivity index (χ2v) is 5.50. The first-order valence-electron chi connectivity index (χ1n) is 6.72. The lowest BCUT2D eigenvalue weighted by Crippen LogP contribution is -2.44. The van der Waals surface area contributed by atoms with E-state index in [1.807, 2.05) is 6.92 Å². The standard InChI is InChI=1S/C13H23NO3/c1-10-11(5-8-17-10)14-12(15)9-13(16)6-3-2-4-7-13/h10-11,16H,2-9H2,1H3,(H,14,15). The van der Waals surface area contributed by atoms with E-state index in [2.05, 4.69) is 5.32 Å². The number of ether oxygens (including phenoxy) is 1. The monoisotopic (exact) mass is 241 g/mol. The number of aliphatic hydroxyl groups is 1. The summed E-state index contributed by atoms with van der Waals surface area (Å²) in [6.45, 7) is 2.70. The van der Waals surface area contributed by atoms with Crippen LogP contribution in [-0.4, -0.2) is 35.4 Å². The van der Waals surface area contributed by atoms with Crippen LogP contribution in [0.2, 0.25) is 0 Å². The maximum atomic E-state index is 11.9. The van der Waals surface area contributed by atoms with Gasteiger partial charge in [0, 0.05) is 6.61 Å². The van der Waals surface area contributed by atoms with Crippen LogP contribution in [0, 0.1) is 0 Å². The van der Waals surface area contributed by atoms with Crippen LogP contribution in [0.3, 0.4) is 0 Å². The molecule has 2 aliphatic rings. The number of carbonyl (C=O) groups is 1. The highest BCUT2D eigenvalue weighted by molar-refractivity contribution is 5.77. The van der Waals surface area contributed by atoms with Crippen molar-refractivity contribution in [2.24, 2.45) is 0 Å². The van der Waals surface area contributed by atoms with E-state index in [0.717, 1.165) is 38.7 Å². The molecule has 17 heavy (non-hydrogen) atoms. The first-order valence-corrected chi connectivity index (χ1v) is 6.72. The lowest BCUT2D eigenvalue weighted by Gasteiger charge is -2.32. The van der Waals surface area contributed by atoms with Crippen LogP contribution >= 0.6 is 0 Å². The predicted molar refractivity (Wildman–Crippen MR) is 64.6 cm³/mol. The van der Waals surface area contributed by atoms with Crippen molar-refractivity contribution in [3.05, 3.63) is 0 Å². The molecule has 0 aromatic rings. The van der Waals surface area contributed by atoms with Crippen LogP contribution < -0.4 is 5.32 Å². The minimum atomic E-state index is -0.759. The van der Waals surface area contributed by atoms with Gasteiger partial charge in [-0.1, -0.05) is 19.3 Å². The molecule has 1 amide bonds. The van der Waals surface area contributed by atoms with Crippen LogP contribution in [0.4, 0.5) is 0 Å². The average Bonchev–Trinajstić information content (AvgIpc) is 2.64. The molecular weight excluding hydrogens is 218 g/mol. The van der Waals surface area contributed by atoms with Gasteiger partial charge in [-0.15, -0.1) is 0 Å². The molecule has 0 aromatic heterocycles. The smallest absolute Gasteiger partial charge is 0.223 e. The number of amides is 1. The van der Waals surface area contributed by atoms with E-state index in [9.17, 15) is 9.90 Å². The summed E-state index contributed by atoms with van der Waals surface area (Å²) in [4.78, 5) is 11.9. The normalized spacial score (nSPS) is 32.4. The Hall–Kier alpha value is -0.610. The van der Waals surface area contributed by atoms with Crippen LogP contribution in [0.15, 0.2) is 0 Å². The van der Waals surface area contributed by atoms with Crippen molar-refractivity contribution in [3.8, 4) is 0 Å². The molecule has 1 aliphatic carbocycles. The molecular formula is C13H23NO3. The maximum Gasteiger partial charge on any atom is 0.223 e. The van der Waals surface area contributed by atoms with E-state index in [0.29, 0.717) is 0 Å². The Bertz CT molecular complexity index is 274. The van der Waals surface area contributed by atoms with Gasteiger partial charge in [0.2, 0.25) is 5.91 Å². The summed E-state index contributed by atoms with van der Waals surface area (Å²) < 4.78 is 5.40. The fraction of sp³-hybridized carbons (Fsp3) is 0.923. The van der Waals surface area contributed by atoms with E-state index in [1.54, 1.807) is 0 Å². The molecule has 0 aromatic carbocycles. The van der Waals surface area contributed by atoms with E-state index in [-0.39, 0.29) is 24.5 Å². The van der Waals surface area contributed by atoms with E-state index >= 15 is 0 Å². The predicted octanol–water partition coefficient (Wildman–Crippen LogP) is 1.37. The van der Waals surface area contributed by atoms with Crippen molar-refractivity contribution in [3.63, 3.8) is 0 Å². The Balaban J connectivity index is 1.80. The Kier molecular flexibility index (Phi) is 4.05. The summed E-state index contributed by atoms with van der Waals surface area (Å²) >= 11 is 0. The Morgan fingerprint density at radius 3 is 2.71 bits per heavy atom. The molecule has 1 aliphatic heterocycles. The first-order chi connectivity index (χ1) is 8.09. The molecule has 2 fully saturated rings. The third kappa shape index (κ3) is 3.42. The van der Waals surface area contributed by atoms with Gasteiger partial charge in [-0.2, -0.15) is 0 Å². The van der Waals surface area contributed by atoms with Gasteiger partial charge in [0.1, 0.15) is 0 Å². The van der Waals surface area contributed by atoms with E-state index in [4.69, 9.17) is 4.74 Å². The minimum absolute atomic E-state index is 0.0308. The summed E-state index contributed by atoms with van der Waals surface area (Å²) in [5.74, 6) is -0.0308. The summed E-state index contributed by atoms with van der Waals surface area (Å²) in [7, 11) is 0. The third-order valence-electron chi connectivity index (χ3n) is 4.00. The molecule has 2 rings (SSSR count). The summed E-state index contributed by atoms with van der Waals surface area (Å²) in [6.07, 6.45) is 5.99. The number of rotatable bonds is 3. The van der Waals surface area contributed by atoms with Gasteiger partial charge >= 0.3 is 0 Å². The molecule has 1 saturated carbocycles. The fourth-order valence-electron chi connectivity index (χ4n) is 2.86. The average molecular weight is 241 g/mol. The van der Waals surface area contributed by atoms with Gasteiger partial charge in [-0.05, 0) is 26.2 Å². The van der Waals surface area contributed by atoms with Crippen molar-refractivity contribution < 1.29 is 14.6 Å². The summed E-state index contributed by atoms with van der Waals surface area (Å²) in [6, 6.07) is 0.120.